The Kier molecular flexibility index (Phi) is 5.52. The third-order valence-electron chi connectivity index (χ3n) is 3.25. The Bertz CT molecular complexity index is 839. The molecular formula is C18H15NO6. The van der Waals surface area contributed by atoms with E-state index >= 15 is 0 Å². The number of hydrogen-bond donors (Lipinski definition) is 3. The molecule has 0 aliphatic rings. The molecule has 0 saturated heterocycles. The van der Waals surface area contributed by atoms with Crippen molar-refractivity contribution in [3.63, 3.8) is 0 Å². The molecule has 1 amide bonds. The van der Waals surface area contributed by atoms with Crippen LogP contribution in [0.5, 0.6) is 5.75 Å². The topological polar surface area (TPSA) is 113 Å². The monoisotopic (exact) mass is 341 g/mol. The Balaban J connectivity index is 2.16. The number of aliphatic hydroxyl groups excluding tert-OH is 1. The number of aliphatic carboxylic acids is 1. The highest BCUT2D eigenvalue weighted by Gasteiger charge is 2.12. The highest BCUT2D eigenvalue weighted by atomic mass is 16.5. The van der Waals surface area contributed by atoms with Crippen LogP contribution in [0, 0.1) is 0 Å². The van der Waals surface area contributed by atoms with Crippen LogP contribution in [0.25, 0.3) is 5.76 Å². The summed E-state index contributed by atoms with van der Waals surface area (Å²) in [5, 5.41) is 21.0. The molecule has 0 fully saturated rings. The number of carboxylic acid groups (broad SMARTS) is 1. The molecule has 0 unspecified atom stereocenters. The van der Waals surface area contributed by atoms with Crippen LogP contribution in [0.4, 0.5) is 5.69 Å². The standard InChI is InChI=1S/C18H15NO6/c1-25-14-7-5-11(6-8-14)17(22)19-13-4-2-3-12(9-13)15(20)10-16(21)18(23)24/h2-10,20H,1H3,(H,19,22)(H,23,24)/b15-10+. The van der Waals surface area contributed by atoms with Gasteiger partial charge in [0.25, 0.3) is 11.7 Å². The first kappa shape index (κ1) is 17.7. The predicted molar refractivity (Wildman–Crippen MR) is 90.6 cm³/mol. The van der Waals surface area contributed by atoms with Crippen molar-refractivity contribution >= 4 is 29.1 Å². The van der Waals surface area contributed by atoms with E-state index in [9.17, 15) is 19.5 Å². The first-order valence-electron chi connectivity index (χ1n) is 7.14. The summed E-state index contributed by atoms with van der Waals surface area (Å²) in [6.07, 6.45) is 0.604. The van der Waals surface area contributed by atoms with Crippen molar-refractivity contribution in [1.29, 1.82) is 0 Å². The van der Waals surface area contributed by atoms with E-state index < -0.39 is 17.5 Å². The van der Waals surface area contributed by atoms with Crippen molar-refractivity contribution in [3.05, 3.63) is 65.7 Å². The number of amides is 1. The number of ether oxygens (including phenoxy) is 1. The smallest absolute Gasteiger partial charge is 0.376 e. The van der Waals surface area contributed by atoms with Crippen LogP contribution in [0.3, 0.4) is 0 Å². The Morgan fingerprint density at radius 3 is 2.28 bits per heavy atom. The molecule has 128 valence electrons. The van der Waals surface area contributed by atoms with E-state index in [0.29, 0.717) is 23.1 Å². The quantitative estimate of drug-likeness (QED) is 0.423. The van der Waals surface area contributed by atoms with E-state index in [1.54, 1.807) is 36.4 Å². The summed E-state index contributed by atoms with van der Waals surface area (Å²) in [6, 6.07) is 12.5. The second kappa shape index (κ2) is 7.78. The minimum atomic E-state index is -1.67. The summed E-state index contributed by atoms with van der Waals surface area (Å²) in [4.78, 5) is 33.8. The number of benzene rings is 2. The lowest BCUT2D eigenvalue weighted by Crippen LogP contribution is -2.12. The SMILES string of the molecule is COc1ccc(C(=O)Nc2cccc(/C(O)=C\C(=O)C(=O)O)c2)cc1. The lowest BCUT2D eigenvalue weighted by molar-refractivity contribution is -0.146. The van der Waals surface area contributed by atoms with Gasteiger partial charge in [-0.1, -0.05) is 12.1 Å². The molecule has 7 heteroatoms. The molecule has 3 N–H and O–H groups in total. The Hall–Kier alpha value is -3.61. The molecule has 0 aromatic heterocycles. The molecule has 0 atom stereocenters. The Labute approximate surface area is 143 Å². The second-order valence-electron chi connectivity index (χ2n) is 4.96. The molecule has 0 heterocycles. The number of anilines is 1. The van der Waals surface area contributed by atoms with Gasteiger partial charge in [-0.25, -0.2) is 4.79 Å². The molecular weight excluding hydrogens is 326 g/mol. The summed E-state index contributed by atoms with van der Waals surface area (Å²) < 4.78 is 5.02. The normalized spacial score (nSPS) is 10.8. The van der Waals surface area contributed by atoms with Gasteiger partial charge in [0, 0.05) is 22.9 Å². The maximum absolute atomic E-state index is 12.2. The molecule has 0 saturated carbocycles. The number of rotatable bonds is 6. The highest BCUT2D eigenvalue weighted by molar-refractivity contribution is 6.38. The minimum absolute atomic E-state index is 0.196. The number of carboxylic acids is 1. The number of ketones is 1. The highest BCUT2D eigenvalue weighted by Crippen LogP contribution is 2.18. The average molecular weight is 341 g/mol. The maximum Gasteiger partial charge on any atom is 0.376 e. The average Bonchev–Trinajstić information content (AvgIpc) is 2.61. The molecule has 7 nitrogen and oxygen atoms in total. The third kappa shape index (κ3) is 4.68. The molecule has 0 aliphatic heterocycles. The Morgan fingerprint density at radius 2 is 1.68 bits per heavy atom. The Morgan fingerprint density at radius 1 is 1.00 bits per heavy atom. The fourth-order valence-corrected chi connectivity index (χ4v) is 1.97. The molecule has 2 aromatic carbocycles. The number of nitrogens with one attached hydrogen (secondary N) is 1. The first-order chi connectivity index (χ1) is 11.9. The zero-order chi connectivity index (χ0) is 18.4. The second-order valence-corrected chi connectivity index (χ2v) is 4.96. The summed E-state index contributed by atoms with van der Waals surface area (Å²) in [6.45, 7) is 0. The first-order valence-corrected chi connectivity index (χ1v) is 7.14. The fraction of sp³-hybridized carbons (Fsp3) is 0.0556. The molecule has 0 radical (unpaired) electrons. The van der Waals surface area contributed by atoms with E-state index in [2.05, 4.69) is 5.32 Å². The van der Waals surface area contributed by atoms with Gasteiger partial charge in [0.2, 0.25) is 0 Å². The van der Waals surface area contributed by atoms with E-state index in [0.717, 1.165) is 0 Å². The molecule has 2 aromatic rings. The molecule has 2 rings (SSSR count). The van der Waals surface area contributed by atoms with Crippen molar-refractivity contribution in [3.8, 4) is 5.75 Å². The van der Waals surface area contributed by atoms with Gasteiger partial charge >= 0.3 is 5.97 Å². The molecule has 0 aliphatic carbocycles. The van der Waals surface area contributed by atoms with Crippen LogP contribution >= 0.6 is 0 Å². The van der Waals surface area contributed by atoms with Gasteiger partial charge in [-0.05, 0) is 36.4 Å². The van der Waals surface area contributed by atoms with E-state index in [1.807, 2.05) is 0 Å². The van der Waals surface area contributed by atoms with Crippen molar-refractivity contribution in [2.75, 3.05) is 12.4 Å². The zero-order valence-electron chi connectivity index (χ0n) is 13.2. The van der Waals surface area contributed by atoms with Crippen LogP contribution in [-0.2, 0) is 9.59 Å². The van der Waals surface area contributed by atoms with Gasteiger partial charge in [-0.3, -0.25) is 9.59 Å². The summed E-state index contributed by atoms with van der Waals surface area (Å²) in [7, 11) is 1.52. The molecule has 25 heavy (non-hydrogen) atoms. The third-order valence-corrected chi connectivity index (χ3v) is 3.25. The van der Waals surface area contributed by atoms with Gasteiger partial charge in [0.05, 0.1) is 7.11 Å². The number of carbonyl (C=O) groups is 3. The maximum atomic E-state index is 12.2. The van der Waals surface area contributed by atoms with Crippen LogP contribution in [0.2, 0.25) is 0 Å². The van der Waals surface area contributed by atoms with Crippen molar-refractivity contribution in [2.45, 2.75) is 0 Å². The number of aliphatic hydroxyl groups is 1. The zero-order valence-corrected chi connectivity index (χ0v) is 13.2. The van der Waals surface area contributed by atoms with Crippen LogP contribution in [0.15, 0.2) is 54.6 Å². The van der Waals surface area contributed by atoms with Crippen molar-refractivity contribution in [2.24, 2.45) is 0 Å². The summed E-state index contributed by atoms with van der Waals surface area (Å²) in [5.41, 5.74) is 0.982. The lowest BCUT2D eigenvalue weighted by Gasteiger charge is -2.08. The van der Waals surface area contributed by atoms with Gasteiger partial charge in [-0.2, -0.15) is 0 Å². The van der Waals surface area contributed by atoms with E-state index in [-0.39, 0.29) is 11.5 Å². The van der Waals surface area contributed by atoms with Crippen LogP contribution < -0.4 is 10.1 Å². The van der Waals surface area contributed by atoms with Gasteiger partial charge in [0.1, 0.15) is 11.5 Å². The van der Waals surface area contributed by atoms with Crippen molar-refractivity contribution < 1.29 is 29.3 Å². The number of methoxy groups -OCH3 is 1. The fourth-order valence-electron chi connectivity index (χ4n) is 1.97. The molecule has 0 bridgehead atoms. The minimum Gasteiger partial charge on any atom is -0.507 e. The van der Waals surface area contributed by atoms with E-state index in [4.69, 9.17) is 9.84 Å². The summed E-state index contributed by atoms with van der Waals surface area (Å²) in [5.74, 6) is -3.17. The van der Waals surface area contributed by atoms with Crippen LogP contribution in [-0.4, -0.2) is 35.0 Å². The molecule has 0 spiro atoms. The van der Waals surface area contributed by atoms with E-state index in [1.165, 1.54) is 19.2 Å². The predicted octanol–water partition coefficient (Wildman–Crippen LogP) is 2.50. The number of hydrogen-bond acceptors (Lipinski definition) is 5. The van der Waals surface area contributed by atoms with Gasteiger partial charge in [0.15, 0.2) is 0 Å². The lowest BCUT2D eigenvalue weighted by atomic mass is 10.1. The largest absolute Gasteiger partial charge is 0.507 e. The van der Waals surface area contributed by atoms with Gasteiger partial charge < -0.3 is 20.3 Å². The summed E-state index contributed by atoms with van der Waals surface area (Å²) >= 11 is 0. The van der Waals surface area contributed by atoms with Gasteiger partial charge in [-0.15, -0.1) is 0 Å². The van der Waals surface area contributed by atoms with Crippen molar-refractivity contribution in [1.82, 2.24) is 0 Å². The number of carbonyl (C=O) groups excluding carboxylic acids is 2. The van der Waals surface area contributed by atoms with Crippen LogP contribution in [0.1, 0.15) is 15.9 Å².